The molecule has 168 valence electrons. The highest BCUT2D eigenvalue weighted by molar-refractivity contribution is 5.88. The van der Waals surface area contributed by atoms with Gasteiger partial charge in [0.25, 0.3) is 5.91 Å². The van der Waals surface area contributed by atoms with Crippen molar-refractivity contribution in [2.75, 3.05) is 13.7 Å². The Morgan fingerprint density at radius 2 is 1.84 bits per heavy atom. The summed E-state index contributed by atoms with van der Waals surface area (Å²) < 4.78 is 24.6. The summed E-state index contributed by atoms with van der Waals surface area (Å²) in [6.07, 6.45) is 1.21. The minimum Gasteiger partial charge on any atom is -0.497 e. The molecule has 0 aliphatic rings. The number of carbonyl (C=O) groups excluding carboxylic acids is 2. The van der Waals surface area contributed by atoms with Crippen LogP contribution in [-0.4, -0.2) is 42.5 Å². The molecule has 0 radical (unpaired) electrons. The number of nitrogens with one attached hydrogen (secondary N) is 1. The van der Waals surface area contributed by atoms with Gasteiger partial charge in [0.1, 0.15) is 11.8 Å². The van der Waals surface area contributed by atoms with Gasteiger partial charge in [-0.3, -0.25) is 9.59 Å². The van der Waals surface area contributed by atoms with Gasteiger partial charge < -0.3 is 19.7 Å². The zero-order chi connectivity index (χ0) is 22.8. The molecular weight excluding hydrogens is 399 g/mol. The number of nitrogens with zero attached hydrogens (tertiary/aromatic N) is 1. The van der Waals surface area contributed by atoms with E-state index in [1.54, 1.807) is 19.2 Å². The highest BCUT2D eigenvalue weighted by Gasteiger charge is 2.29. The SMILES string of the molecule is CCC(C)NC(=O)C(CC)N(Cc1cccc(OC)c1)C(=O)COc1ccccc1F. The number of amides is 2. The van der Waals surface area contributed by atoms with E-state index in [4.69, 9.17) is 9.47 Å². The lowest BCUT2D eigenvalue weighted by atomic mass is 10.1. The van der Waals surface area contributed by atoms with Crippen LogP contribution in [-0.2, 0) is 16.1 Å². The largest absolute Gasteiger partial charge is 0.497 e. The Kier molecular flexibility index (Phi) is 9.31. The van der Waals surface area contributed by atoms with Crippen molar-refractivity contribution in [3.8, 4) is 11.5 Å². The summed E-state index contributed by atoms with van der Waals surface area (Å²) in [4.78, 5) is 27.5. The van der Waals surface area contributed by atoms with E-state index in [9.17, 15) is 14.0 Å². The van der Waals surface area contributed by atoms with E-state index in [2.05, 4.69) is 5.32 Å². The molecule has 2 unspecified atom stereocenters. The third kappa shape index (κ3) is 6.98. The predicted molar refractivity (Wildman–Crippen MR) is 117 cm³/mol. The van der Waals surface area contributed by atoms with E-state index < -0.39 is 17.8 Å². The molecule has 7 heteroatoms. The van der Waals surface area contributed by atoms with Crippen molar-refractivity contribution in [2.24, 2.45) is 0 Å². The molecule has 31 heavy (non-hydrogen) atoms. The molecule has 2 aromatic rings. The van der Waals surface area contributed by atoms with E-state index in [0.717, 1.165) is 12.0 Å². The molecule has 0 saturated heterocycles. The average Bonchev–Trinajstić information content (AvgIpc) is 2.78. The van der Waals surface area contributed by atoms with Gasteiger partial charge in [-0.05, 0) is 49.6 Å². The molecule has 0 fully saturated rings. The zero-order valence-electron chi connectivity index (χ0n) is 18.6. The molecule has 0 aliphatic heterocycles. The van der Waals surface area contributed by atoms with Crippen LogP contribution in [0.25, 0.3) is 0 Å². The topological polar surface area (TPSA) is 67.9 Å². The molecule has 2 amide bonds. The summed E-state index contributed by atoms with van der Waals surface area (Å²) in [7, 11) is 1.57. The van der Waals surface area contributed by atoms with Crippen molar-refractivity contribution in [1.29, 1.82) is 0 Å². The third-order valence-electron chi connectivity index (χ3n) is 5.06. The average molecular weight is 431 g/mol. The van der Waals surface area contributed by atoms with Crippen molar-refractivity contribution >= 4 is 11.8 Å². The van der Waals surface area contributed by atoms with E-state index in [-0.39, 0.29) is 30.9 Å². The zero-order valence-corrected chi connectivity index (χ0v) is 18.6. The maximum Gasteiger partial charge on any atom is 0.261 e. The van der Waals surface area contributed by atoms with Crippen LogP contribution < -0.4 is 14.8 Å². The Labute approximate surface area is 183 Å². The van der Waals surface area contributed by atoms with Crippen LogP contribution in [0.5, 0.6) is 11.5 Å². The van der Waals surface area contributed by atoms with Gasteiger partial charge >= 0.3 is 0 Å². The number of benzene rings is 2. The molecule has 1 N–H and O–H groups in total. The van der Waals surface area contributed by atoms with Crippen molar-refractivity contribution in [3.05, 3.63) is 59.9 Å². The second kappa shape index (κ2) is 11.9. The van der Waals surface area contributed by atoms with Crippen LogP contribution in [0.3, 0.4) is 0 Å². The molecule has 0 aliphatic carbocycles. The number of ether oxygens (including phenoxy) is 2. The lowest BCUT2D eigenvalue weighted by Crippen LogP contribution is -2.51. The van der Waals surface area contributed by atoms with Gasteiger partial charge in [0.2, 0.25) is 5.91 Å². The molecule has 2 rings (SSSR count). The highest BCUT2D eigenvalue weighted by Crippen LogP contribution is 2.19. The number of halogens is 1. The van der Waals surface area contributed by atoms with E-state index in [1.807, 2.05) is 45.0 Å². The summed E-state index contributed by atoms with van der Waals surface area (Å²) in [5, 5.41) is 2.95. The van der Waals surface area contributed by atoms with Crippen LogP contribution in [0.2, 0.25) is 0 Å². The Bertz CT molecular complexity index is 874. The van der Waals surface area contributed by atoms with Crippen molar-refractivity contribution < 1.29 is 23.5 Å². The van der Waals surface area contributed by atoms with Gasteiger partial charge in [-0.25, -0.2) is 4.39 Å². The van der Waals surface area contributed by atoms with Gasteiger partial charge in [0.05, 0.1) is 7.11 Å². The summed E-state index contributed by atoms with van der Waals surface area (Å²) in [6.45, 7) is 5.57. The molecule has 0 aromatic heterocycles. The highest BCUT2D eigenvalue weighted by atomic mass is 19.1. The normalized spacial score (nSPS) is 12.5. The number of carbonyl (C=O) groups is 2. The fourth-order valence-electron chi connectivity index (χ4n) is 3.11. The molecule has 2 atom stereocenters. The van der Waals surface area contributed by atoms with E-state index in [1.165, 1.54) is 17.0 Å². The summed E-state index contributed by atoms with van der Waals surface area (Å²) >= 11 is 0. The number of hydrogen-bond acceptors (Lipinski definition) is 4. The van der Waals surface area contributed by atoms with Crippen LogP contribution >= 0.6 is 0 Å². The maximum atomic E-state index is 13.9. The molecule has 2 aromatic carbocycles. The van der Waals surface area contributed by atoms with E-state index in [0.29, 0.717) is 12.2 Å². The number of hydrogen-bond donors (Lipinski definition) is 1. The Balaban J connectivity index is 2.25. The second-order valence-corrected chi connectivity index (χ2v) is 7.33. The Morgan fingerprint density at radius 3 is 2.48 bits per heavy atom. The first kappa shape index (κ1) is 24.2. The lowest BCUT2D eigenvalue weighted by Gasteiger charge is -2.31. The molecule has 0 bridgehead atoms. The number of rotatable bonds is 11. The monoisotopic (exact) mass is 430 g/mol. The third-order valence-corrected chi connectivity index (χ3v) is 5.06. The van der Waals surface area contributed by atoms with Crippen molar-refractivity contribution in [2.45, 2.75) is 52.2 Å². The van der Waals surface area contributed by atoms with Gasteiger partial charge in [0.15, 0.2) is 18.2 Å². The Hall–Kier alpha value is -3.09. The summed E-state index contributed by atoms with van der Waals surface area (Å²) in [6, 6.07) is 12.5. The van der Waals surface area contributed by atoms with Crippen LogP contribution in [0.4, 0.5) is 4.39 Å². The van der Waals surface area contributed by atoms with Crippen LogP contribution in [0.15, 0.2) is 48.5 Å². The van der Waals surface area contributed by atoms with Gasteiger partial charge in [-0.15, -0.1) is 0 Å². The Morgan fingerprint density at radius 1 is 1.10 bits per heavy atom. The molecule has 0 saturated carbocycles. The molecule has 0 heterocycles. The maximum absolute atomic E-state index is 13.9. The van der Waals surface area contributed by atoms with Gasteiger partial charge in [0, 0.05) is 12.6 Å². The van der Waals surface area contributed by atoms with E-state index >= 15 is 0 Å². The summed E-state index contributed by atoms with van der Waals surface area (Å²) in [5.41, 5.74) is 0.813. The number of para-hydroxylation sites is 1. The smallest absolute Gasteiger partial charge is 0.261 e. The minimum absolute atomic E-state index is 0.00529. The fourth-order valence-corrected chi connectivity index (χ4v) is 3.11. The molecule has 0 spiro atoms. The fraction of sp³-hybridized carbons (Fsp3) is 0.417. The first-order valence-corrected chi connectivity index (χ1v) is 10.5. The summed E-state index contributed by atoms with van der Waals surface area (Å²) in [5.74, 6) is -0.522. The lowest BCUT2D eigenvalue weighted by molar-refractivity contribution is -0.143. The van der Waals surface area contributed by atoms with Crippen molar-refractivity contribution in [1.82, 2.24) is 10.2 Å². The first-order chi connectivity index (χ1) is 14.9. The minimum atomic E-state index is -0.683. The molecule has 6 nitrogen and oxygen atoms in total. The van der Waals surface area contributed by atoms with Gasteiger partial charge in [-0.2, -0.15) is 0 Å². The number of methoxy groups -OCH3 is 1. The van der Waals surface area contributed by atoms with Crippen molar-refractivity contribution in [3.63, 3.8) is 0 Å². The standard InChI is InChI=1S/C24H31FN2O4/c1-5-17(3)26-24(29)21(6-2)27(15-18-10-9-11-19(14-18)30-4)23(28)16-31-22-13-8-7-12-20(22)25/h7-14,17,21H,5-6,15-16H2,1-4H3,(H,26,29). The molecular formula is C24H31FN2O4. The predicted octanol–water partition coefficient (Wildman–Crippen LogP) is 3.94. The van der Waals surface area contributed by atoms with Crippen LogP contribution in [0, 0.1) is 5.82 Å². The second-order valence-electron chi connectivity index (χ2n) is 7.33. The van der Waals surface area contributed by atoms with Crippen LogP contribution in [0.1, 0.15) is 39.2 Å². The first-order valence-electron chi connectivity index (χ1n) is 10.5. The van der Waals surface area contributed by atoms with Gasteiger partial charge in [-0.1, -0.05) is 38.1 Å². The quantitative estimate of drug-likeness (QED) is 0.586.